The maximum absolute atomic E-state index is 12.9. The molecule has 1 atom stereocenters. The maximum atomic E-state index is 12.9. The summed E-state index contributed by atoms with van der Waals surface area (Å²) < 4.78 is 4.99. The Balaban J connectivity index is 2.07. The molecular weight excluding hydrogens is 326 g/mol. The van der Waals surface area contributed by atoms with Crippen LogP contribution in [0.2, 0.25) is 0 Å². The van der Waals surface area contributed by atoms with Crippen LogP contribution in [-0.2, 0) is 14.3 Å². The molecule has 0 saturated carbocycles. The van der Waals surface area contributed by atoms with Gasteiger partial charge >= 0.3 is 5.97 Å². The monoisotopic (exact) mass is 351 g/mol. The second-order valence-electron chi connectivity index (χ2n) is 7.74. The van der Waals surface area contributed by atoms with E-state index in [-0.39, 0.29) is 17.1 Å². The Morgan fingerprint density at radius 3 is 2.58 bits per heavy atom. The molecule has 1 aromatic rings. The van der Waals surface area contributed by atoms with Crippen LogP contribution < -0.4 is 5.32 Å². The van der Waals surface area contributed by atoms with Crippen LogP contribution in [0.3, 0.4) is 0 Å². The van der Waals surface area contributed by atoms with Crippen molar-refractivity contribution >= 4 is 17.8 Å². The predicted molar refractivity (Wildman–Crippen MR) is 102 cm³/mol. The van der Waals surface area contributed by atoms with Crippen LogP contribution >= 0.6 is 0 Å². The first-order valence-electron chi connectivity index (χ1n) is 8.88. The van der Waals surface area contributed by atoms with E-state index >= 15 is 0 Å². The SMILES string of the molecule is COC(=O)C1=C(C)NC2=C(C(=O)CC(C)(C)C2)[C@H]1/C=C/c1ccccc1. The average Bonchev–Trinajstić information content (AvgIpc) is 2.58. The highest BCUT2D eigenvalue weighted by Gasteiger charge is 2.41. The van der Waals surface area contributed by atoms with E-state index in [2.05, 4.69) is 19.2 Å². The first-order chi connectivity index (χ1) is 12.3. The molecule has 1 aliphatic carbocycles. The van der Waals surface area contributed by atoms with E-state index in [0.717, 1.165) is 23.4 Å². The van der Waals surface area contributed by atoms with Crippen LogP contribution in [0.4, 0.5) is 0 Å². The Hall–Kier alpha value is -2.62. The van der Waals surface area contributed by atoms with E-state index < -0.39 is 5.97 Å². The zero-order valence-electron chi connectivity index (χ0n) is 15.8. The van der Waals surface area contributed by atoms with Gasteiger partial charge in [-0.1, -0.05) is 56.3 Å². The van der Waals surface area contributed by atoms with Gasteiger partial charge in [-0.15, -0.1) is 0 Å². The number of carbonyl (C=O) groups is 2. The number of Topliss-reactive ketones (excluding diaryl/α,β-unsaturated/α-hetero) is 1. The van der Waals surface area contributed by atoms with Crippen LogP contribution in [0, 0.1) is 11.3 Å². The van der Waals surface area contributed by atoms with Gasteiger partial charge in [-0.3, -0.25) is 4.79 Å². The third kappa shape index (κ3) is 3.50. The molecule has 1 aromatic carbocycles. The highest BCUT2D eigenvalue weighted by Crippen LogP contribution is 2.43. The van der Waals surface area contributed by atoms with E-state index in [0.29, 0.717) is 17.6 Å². The lowest BCUT2D eigenvalue weighted by molar-refractivity contribution is -0.136. The summed E-state index contributed by atoms with van der Waals surface area (Å²) in [6.45, 7) is 6.06. The largest absolute Gasteiger partial charge is 0.466 e. The van der Waals surface area contributed by atoms with E-state index in [9.17, 15) is 9.59 Å². The molecule has 0 spiro atoms. The summed E-state index contributed by atoms with van der Waals surface area (Å²) in [5.41, 5.74) is 3.83. The van der Waals surface area contributed by atoms with E-state index in [1.165, 1.54) is 7.11 Å². The van der Waals surface area contributed by atoms with Gasteiger partial charge in [0, 0.05) is 29.3 Å². The highest BCUT2D eigenvalue weighted by molar-refractivity contribution is 6.03. The van der Waals surface area contributed by atoms with Crippen LogP contribution in [0.1, 0.15) is 39.2 Å². The fourth-order valence-corrected chi connectivity index (χ4v) is 3.83. The van der Waals surface area contributed by atoms with Crippen molar-refractivity contribution < 1.29 is 14.3 Å². The van der Waals surface area contributed by atoms with Crippen molar-refractivity contribution in [3.63, 3.8) is 0 Å². The van der Waals surface area contributed by atoms with Gasteiger partial charge in [0.05, 0.1) is 12.7 Å². The van der Waals surface area contributed by atoms with Crippen molar-refractivity contribution in [3.8, 4) is 0 Å². The molecule has 4 heteroatoms. The van der Waals surface area contributed by atoms with Gasteiger partial charge in [-0.05, 0) is 24.3 Å². The zero-order chi connectivity index (χ0) is 18.9. The lowest BCUT2D eigenvalue weighted by atomic mass is 9.70. The Bertz CT molecular complexity index is 828. The van der Waals surface area contributed by atoms with Gasteiger partial charge in [0.2, 0.25) is 0 Å². The van der Waals surface area contributed by atoms with Gasteiger partial charge < -0.3 is 10.1 Å². The van der Waals surface area contributed by atoms with Crippen LogP contribution in [0.25, 0.3) is 6.08 Å². The van der Waals surface area contributed by atoms with Crippen LogP contribution in [-0.4, -0.2) is 18.9 Å². The number of benzene rings is 1. The summed E-state index contributed by atoms with van der Waals surface area (Å²) in [5, 5.41) is 3.30. The number of rotatable bonds is 3. The summed E-state index contributed by atoms with van der Waals surface area (Å²) >= 11 is 0. The van der Waals surface area contributed by atoms with E-state index in [1.807, 2.05) is 49.4 Å². The topological polar surface area (TPSA) is 55.4 Å². The lowest BCUT2D eigenvalue weighted by Gasteiger charge is -2.38. The molecular formula is C22H25NO3. The average molecular weight is 351 g/mol. The molecule has 0 radical (unpaired) electrons. The van der Waals surface area contributed by atoms with E-state index in [1.54, 1.807) is 0 Å². The third-order valence-electron chi connectivity index (χ3n) is 4.97. The number of methoxy groups -OCH3 is 1. The van der Waals surface area contributed by atoms with Gasteiger partial charge in [0.15, 0.2) is 5.78 Å². The molecule has 1 N–H and O–H groups in total. The molecule has 0 bridgehead atoms. The lowest BCUT2D eigenvalue weighted by Crippen LogP contribution is -2.38. The smallest absolute Gasteiger partial charge is 0.336 e. The minimum absolute atomic E-state index is 0.0837. The summed E-state index contributed by atoms with van der Waals surface area (Å²) in [5.74, 6) is -0.690. The van der Waals surface area contributed by atoms with Crippen molar-refractivity contribution in [3.05, 3.63) is 64.5 Å². The fraction of sp³-hybridized carbons (Fsp3) is 0.364. The molecule has 2 aliphatic rings. The molecule has 0 unspecified atom stereocenters. The summed E-state index contributed by atoms with van der Waals surface area (Å²) in [7, 11) is 1.37. The predicted octanol–water partition coefficient (Wildman–Crippen LogP) is 4.01. The minimum atomic E-state index is -0.401. The Morgan fingerprint density at radius 2 is 1.92 bits per heavy atom. The number of ether oxygens (including phenoxy) is 1. The molecule has 0 aromatic heterocycles. The number of hydrogen-bond donors (Lipinski definition) is 1. The number of esters is 1. The summed E-state index contributed by atoms with van der Waals surface area (Å²) in [4.78, 5) is 25.3. The molecule has 0 fully saturated rings. The van der Waals surface area contributed by atoms with Crippen LogP contribution in [0.15, 0.2) is 58.9 Å². The number of nitrogens with one attached hydrogen (secondary N) is 1. The van der Waals surface area contributed by atoms with Crippen molar-refractivity contribution in [2.45, 2.75) is 33.6 Å². The molecule has 0 amide bonds. The van der Waals surface area contributed by atoms with Gasteiger partial charge in [-0.2, -0.15) is 0 Å². The number of dihydropyridines is 1. The van der Waals surface area contributed by atoms with Gasteiger partial charge in [-0.25, -0.2) is 4.79 Å². The van der Waals surface area contributed by atoms with Crippen molar-refractivity contribution in [1.29, 1.82) is 0 Å². The number of ketones is 1. The number of allylic oxidation sites excluding steroid dienone is 4. The number of carbonyl (C=O) groups excluding carboxylic acids is 2. The Kier molecular flexibility index (Phi) is 4.86. The van der Waals surface area contributed by atoms with Gasteiger partial charge in [0.1, 0.15) is 0 Å². The first kappa shape index (κ1) is 18.2. The molecule has 136 valence electrons. The standard InChI is InChI=1S/C22H25NO3/c1-14-19(21(25)26-4)16(11-10-15-8-6-5-7-9-15)20-17(23-14)12-22(2,3)13-18(20)24/h5-11,16,23H,12-13H2,1-4H3/b11-10+/t16-/m0/s1. The zero-order valence-corrected chi connectivity index (χ0v) is 15.8. The molecule has 1 aliphatic heterocycles. The molecule has 4 nitrogen and oxygen atoms in total. The van der Waals surface area contributed by atoms with Crippen molar-refractivity contribution in [2.75, 3.05) is 7.11 Å². The Morgan fingerprint density at radius 1 is 1.23 bits per heavy atom. The molecule has 26 heavy (non-hydrogen) atoms. The van der Waals surface area contributed by atoms with Crippen molar-refractivity contribution in [2.24, 2.45) is 11.3 Å². The minimum Gasteiger partial charge on any atom is -0.466 e. The highest BCUT2D eigenvalue weighted by atomic mass is 16.5. The summed E-state index contributed by atoms with van der Waals surface area (Å²) in [6, 6.07) is 9.87. The second kappa shape index (κ2) is 6.94. The van der Waals surface area contributed by atoms with E-state index in [4.69, 9.17) is 4.74 Å². The molecule has 0 saturated heterocycles. The first-order valence-corrected chi connectivity index (χ1v) is 8.88. The quantitative estimate of drug-likeness (QED) is 0.836. The second-order valence-corrected chi connectivity index (χ2v) is 7.74. The number of hydrogen-bond acceptors (Lipinski definition) is 4. The van der Waals surface area contributed by atoms with Crippen molar-refractivity contribution in [1.82, 2.24) is 5.32 Å². The Labute approximate surface area is 154 Å². The normalized spacial score (nSPS) is 22.3. The molecule has 1 heterocycles. The maximum Gasteiger partial charge on any atom is 0.336 e. The third-order valence-corrected chi connectivity index (χ3v) is 4.97. The fourth-order valence-electron chi connectivity index (χ4n) is 3.83. The van der Waals surface area contributed by atoms with Gasteiger partial charge in [0.25, 0.3) is 0 Å². The molecule has 3 rings (SSSR count). The summed E-state index contributed by atoms with van der Waals surface area (Å²) in [6.07, 6.45) is 5.17. The van der Waals surface area contributed by atoms with Crippen LogP contribution in [0.5, 0.6) is 0 Å².